The van der Waals surface area contributed by atoms with E-state index < -0.39 is 33.9 Å². The van der Waals surface area contributed by atoms with Crippen LogP contribution in [0.4, 0.5) is 17.1 Å². The quantitative estimate of drug-likeness (QED) is 0.0487. The third-order valence-corrected chi connectivity index (χ3v) is 29.9. The van der Waals surface area contributed by atoms with Crippen molar-refractivity contribution in [3.8, 4) is 86.3 Å². The first-order chi connectivity index (χ1) is 65.2. The first-order valence-corrected chi connectivity index (χ1v) is 48.1. The van der Waals surface area contributed by atoms with Crippen LogP contribution in [0.2, 0.25) is 75.3 Å². The molecule has 15 rings (SSSR count). The fourth-order valence-electron chi connectivity index (χ4n) is 17.4. The van der Waals surface area contributed by atoms with Crippen LogP contribution >= 0.6 is 174 Å². The summed E-state index contributed by atoms with van der Waals surface area (Å²) in [5, 5.41) is 62.4. The zero-order valence-electron chi connectivity index (χ0n) is 75.4. The van der Waals surface area contributed by atoms with Crippen LogP contribution < -0.4 is 31.4 Å². The summed E-state index contributed by atoms with van der Waals surface area (Å²) >= 11 is 97.5. The van der Waals surface area contributed by atoms with Gasteiger partial charge >= 0.3 is 0 Å². The Bertz CT molecular complexity index is 6770. The van der Waals surface area contributed by atoms with Gasteiger partial charge in [-0.1, -0.05) is 235 Å². The monoisotopic (exact) mass is 2150 g/mol. The minimum absolute atomic E-state index is 0.00390. The van der Waals surface area contributed by atoms with Gasteiger partial charge in [-0.05, 0) is 131 Å². The molecule has 3 atom stereocenters. The fraction of sp³-hybridized carbons (Fsp3) is 0.281. The first-order valence-electron chi connectivity index (χ1n) is 42.4. The molecule has 0 radical (unpaired) electrons. The Kier molecular flexibility index (Phi) is 32.0. The molecule has 714 valence electrons. The van der Waals surface area contributed by atoms with E-state index in [2.05, 4.69) is 52.9 Å². The summed E-state index contributed by atoms with van der Waals surface area (Å²) in [6, 6.07) is 15.6. The van der Waals surface area contributed by atoms with E-state index in [9.17, 15) is 59.9 Å². The predicted molar refractivity (Wildman–Crippen MR) is 553 cm³/mol. The summed E-state index contributed by atoms with van der Waals surface area (Å²) in [4.78, 5) is 120. The molecule has 138 heavy (non-hydrogen) atoms. The molecule has 3 fully saturated rings. The van der Waals surface area contributed by atoms with Gasteiger partial charge in [0.1, 0.15) is 66.9 Å². The first kappa shape index (κ1) is 105. The van der Waals surface area contributed by atoms with Crippen molar-refractivity contribution in [1.82, 2.24) is 58.3 Å². The second kappa shape index (κ2) is 42.1. The number of carbonyl (C=O) groups excluding carboxylic acids is 3. The molecular weight excluding hydrogens is 2080 g/mol. The SMILES string of the molecule is C=CC(=O)N1CCN(c2c(C#N)c(=O)n(-c3c(C)ccnc3C(C)C)c3nc(-c4c(Cl)c(O)c(Cl)c(Cl)c4Cl)c(Cl)cc23)C[C@H]1C.C=CC(=O)N1CCN(c2c(C#N)c(=O)n(-c3c(C)ccnc3C(C)C)c3nc(-c4c(Cl)c(O)c(Cl)c(Cl)c4Cl)c(Cl)cc23)C[C@H]1C.C=CC(=O)N1CCN(c2c(C#N)c(=O)n(-c3c(C)ccnc3C(C)C)c3nc(-c4c(Cl)c(O)c(Cl)c(Cl)c4Cl)c(Cl)cc23)C[C@H]1C. The molecule has 0 bridgehead atoms. The molecule has 3 saturated heterocycles. The van der Waals surface area contributed by atoms with Crippen molar-refractivity contribution in [3.63, 3.8) is 0 Å². The number of pyridine rings is 9. The third kappa shape index (κ3) is 18.7. The van der Waals surface area contributed by atoms with E-state index in [1.54, 1.807) is 69.7 Å². The zero-order valence-corrected chi connectivity index (χ0v) is 86.7. The van der Waals surface area contributed by atoms with Crippen LogP contribution in [0.3, 0.4) is 0 Å². The minimum atomic E-state index is -0.629. The smallest absolute Gasteiger partial charge is 0.276 e. The average molecular weight is 2160 g/mol. The number of hydrogen-bond acceptors (Lipinski definition) is 21. The van der Waals surface area contributed by atoms with Crippen LogP contribution in [0.15, 0.2) is 107 Å². The lowest BCUT2D eigenvalue weighted by atomic mass is 10.0. The number of halogens is 15. The molecule has 12 aromatic rings. The van der Waals surface area contributed by atoms with Crippen molar-refractivity contribution in [2.45, 2.75) is 119 Å². The highest BCUT2D eigenvalue weighted by Gasteiger charge is 2.40. The number of aromatic nitrogens is 9. The van der Waals surface area contributed by atoms with Crippen LogP contribution in [-0.2, 0) is 14.4 Å². The van der Waals surface area contributed by atoms with E-state index >= 15 is 0 Å². The highest BCUT2D eigenvalue weighted by atomic mass is 35.5. The van der Waals surface area contributed by atoms with Crippen LogP contribution in [0.1, 0.15) is 131 Å². The van der Waals surface area contributed by atoms with Crippen molar-refractivity contribution in [1.29, 1.82) is 15.8 Å². The van der Waals surface area contributed by atoms with E-state index in [1.165, 1.54) is 31.9 Å². The normalized spacial score (nSPS) is 15.0. The van der Waals surface area contributed by atoms with Crippen LogP contribution in [0.5, 0.6) is 17.2 Å². The van der Waals surface area contributed by atoms with Crippen molar-refractivity contribution >= 4 is 242 Å². The fourth-order valence-corrected chi connectivity index (χ4v) is 21.4. The van der Waals surface area contributed by atoms with Gasteiger partial charge in [0, 0.05) is 128 Å². The Morgan fingerprint density at radius 1 is 0.377 bits per heavy atom. The van der Waals surface area contributed by atoms with E-state index in [4.69, 9.17) is 189 Å². The maximum Gasteiger partial charge on any atom is 0.276 e. The van der Waals surface area contributed by atoms with Crippen molar-refractivity contribution in [2.75, 3.05) is 73.6 Å². The van der Waals surface area contributed by atoms with Gasteiger partial charge in [0.25, 0.3) is 16.7 Å². The number of phenolic OH excluding ortho intramolecular Hbond substituents is 3. The number of phenols is 3. The molecule has 3 aliphatic heterocycles. The van der Waals surface area contributed by atoms with Gasteiger partial charge in [-0.3, -0.25) is 57.4 Å². The third-order valence-electron chi connectivity index (χ3n) is 24.0. The molecule has 0 spiro atoms. The zero-order chi connectivity index (χ0) is 101. The molecule has 3 aliphatic rings. The van der Waals surface area contributed by atoms with Crippen molar-refractivity contribution in [3.05, 3.63) is 250 Å². The second-order valence-electron chi connectivity index (χ2n) is 33.6. The van der Waals surface area contributed by atoms with Gasteiger partial charge < -0.3 is 44.7 Å². The number of nitrogens with zero attached hydrogens (tertiary/aromatic N) is 18. The summed E-state index contributed by atoms with van der Waals surface area (Å²) in [6.07, 6.45) is 8.73. The van der Waals surface area contributed by atoms with Gasteiger partial charge in [-0.2, -0.15) is 15.8 Å². The maximum atomic E-state index is 14.5. The summed E-state index contributed by atoms with van der Waals surface area (Å²) < 4.78 is 4.07. The van der Waals surface area contributed by atoms with Gasteiger partial charge in [0.2, 0.25) is 17.7 Å². The molecule has 3 amide bonds. The number of fused-ring (bicyclic) bond motifs is 3. The predicted octanol–water partition coefficient (Wildman–Crippen LogP) is 23.8. The molecular formula is C96H81Cl15N18O9. The number of aromatic hydroxyl groups is 3. The number of aryl methyl sites for hydroxylation is 3. The molecule has 42 heteroatoms. The van der Waals surface area contributed by atoms with E-state index in [0.29, 0.717) is 143 Å². The number of amides is 3. The summed E-state index contributed by atoms with van der Waals surface area (Å²) in [7, 11) is 0. The van der Waals surface area contributed by atoms with Gasteiger partial charge in [0.05, 0.1) is 129 Å². The molecule has 9 aromatic heterocycles. The largest absolute Gasteiger partial charge is 0.505 e. The molecule has 3 aromatic carbocycles. The van der Waals surface area contributed by atoms with E-state index in [0.717, 1.165) is 0 Å². The number of carbonyl (C=O) groups is 3. The Morgan fingerprint density at radius 2 is 0.609 bits per heavy atom. The van der Waals surface area contributed by atoms with Gasteiger partial charge in [0.15, 0.2) is 17.2 Å². The molecule has 27 nitrogen and oxygen atoms in total. The van der Waals surface area contributed by atoms with Crippen LogP contribution in [0, 0.1) is 54.8 Å². The number of piperazine rings is 3. The Balaban J connectivity index is 0.000000175. The van der Waals surface area contributed by atoms with Crippen molar-refractivity contribution < 1.29 is 29.7 Å². The lowest BCUT2D eigenvalue weighted by molar-refractivity contribution is -0.129. The highest BCUT2D eigenvalue weighted by molar-refractivity contribution is 6.55. The standard InChI is InChI=1S/3C32H27Cl5N6O3/c3*1-6-20(44)42-10-9-41(13-16(42)5)29-17-11-19(33)27(21-22(34)24(36)25(37)30(45)23(21)35)40-31(17)43(32(46)18(29)12-38)28-15(4)7-8-39-26(28)14(2)3/h3*6-8,11,14,16,45H,1,9-10,13H2,2-5H3/t3*16-/m111/s1. The molecule has 3 N–H and O–H groups in total. The highest BCUT2D eigenvalue weighted by Crippen LogP contribution is 2.56. The molecule has 0 saturated carbocycles. The summed E-state index contributed by atoms with van der Waals surface area (Å²) in [6.45, 7) is 36.4. The number of hydrogen-bond donors (Lipinski definition) is 3. The molecule has 12 heterocycles. The van der Waals surface area contributed by atoms with Crippen molar-refractivity contribution in [2.24, 2.45) is 0 Å². The summed E-state index contributed by atoms with van der Waals surface area (Å²) in [5.41, 5.74) is 4.46. The minimum Gasteiger partial charge on any atom is -0.505 e. The Morgan fingerprint density at radius 3 is 0.812 bits per heavy atom. The van der Waals surface area contributed by atoms with E-state index in [1.807, 2.05) is 97.8 Å². The Labute approximate surface area is 866 Å². The number of nitriles is 3. The molecule has 0 aliphatic carbocycles. The van der Waals surface area contributed by atoms with Gasteiger partial charge in [-0.25, -0.2) is 15.0 Å². The average Bonchev–Trinajstić information content (AvgIpc) is 0.726. The Hall–Kier alpha value is -10.6. The van der Waals surface area contributed by atoms with E-state index in [-0.39, 0.29) is 196 Å². The maximum absolute atomic E-state index is 14.5. The second-order valence-corrected chi connectivity index (χ2v) is 39.3. The van der Waals surface area contributed by atoms with Crippen LogP contribution in [-0.4, -0.2) is 168 Å². The number of rotatable bonds is 15. The van der Waals surface area contributed by atoms with Gasteiger partial charge in [-0.15, -0.1) is 0 Å². The van der Waals surface area contributed by atoms with Crippen LogP contribution in [0.25, 0.3) is 83.9 Å². The number of benzene rings is 3. The summed E-state index contributed by atoms with van der Waals surface area (Å²) in [5.74, 6) is -2.53. The lowest BCUT2D eigenvalue weighted by Crippen LogP contribution is -2.54. The molecule has 0 unspecified atom stereocenters. The topological polar surface area (TPSA) is 346 Å². The lowest BCUT2D eigenvalue weighted by Gasteiger charge is -2.41. The number of anilines is 3.